The zero-order valence-electron chi connectivity index (χ0n) is 24.5. The molecule has 0 aliphatic heterocycles. The maximum Gasteiger partial charge on any atom is 0.332 e. The Morgan fingerprint density at radius 3 is 1.61 bits per heavy atom. The number of rotatable bonds is 12. The van der Waals surface area contributed by atoms with E-state index < -0.39 is 12.1 Å². The van der Waals surface area contributed by atoms with Crippen LogP contribution in [0.2, 0.25) is 0 Å². The fourth-order valence-electron chi connectivity index (χ4n) is 4.77. The molecule has 4 aromatic carbocycles. The summed E-state index contributed by atoms with van der Waals surface area (Å²) in [5, 5.41) is 1.86. The van der Waals surface area contributed by atoms with E-state index in [1.807, 2.05) is 109 Å². The molecule has 7 nitrogen and oxygen atoms in total. The third-order valence-electron chi connectivity index (χ3n) is 7.13. The van der Waals surface area contributed by atoms with Gasteiger partial charge >= 0.3 is 5.97 Å². The Balaban J connectivity index is 1.16. The third kappa shape index (κ3) is 7.40. The van der Waals surface area contributed by atoms with Crippen LogP contribution in [0.1, 0.15) is 0 Å². The van der Waals surface area contributed by atoms with Gasteiger partial charge in [-0.15, -0.1) is 0 Å². The van der Waals surface area contributed by atoms with Crippen LogP contribution in [0, 0.1) is 0 Å². The van der Waals surface area contributed by atoms with Crippen molar-refractivity contribution in [3.63, 3.8) is 0 Å². The fraction of sp³-hybridized carbons (Fsp3) is 0.108. The van der Waals surface area contributed by atoms with Gasteiger partial charge in [-0.3, -0.25) is 9.59 Å². The average Bonchev–Trinajstić information content (AvgIpc) is 3.09. The number of carbonyl (C=O) groups is 1. The Kier molecular flexibility index (Phi) is 9.64. The smallest absolute Gasteiger partial charge is 0.332 e. The molecule has 9 heteroatoms. The molecule has 0 amide bonds. The van der Waals surface area contributed by atoms with Gasteiger partial charge in [0.05, 0.1) is 0 Å². The van der Waals surface area contributed by atoms with Gasteiger partial charge in [0.15, 0.2) is 6.79 Å². The average molecular weight is 649 g/mol. The van der Waals surface area contributed by atoms with Gasteiger partial charge in [0.1, 0.15) is 30.8 Å². The van der Waals surface area contributed by atoms with E-state index in [1.165, 1.54) is 0 Å². The maximum atomic E-state index is 12.9. The highest BCUT2D eigenvalue weighted by Gasteiger charge is 2.15. The number of hydrogen-bond donors (Lipinski definition) is 0. The summed E-state index contributed by atoms with van der Waals surface area (Å²) in [5.41, 5.74) is 3.06. The molecule has 230 valence electrons. The summed E-state index contributed by atoms with van der Waals surface area (Å²) in [6, 6.07) is 34.1. The Labute approximate surface area is 272 Å². The van der Waals surface area contributed by atoms with Gasteiger partial charge in [-0.1, -0.05) is 89.9 Å². The lowest BCUT2D eigenvalue weighted by Gasteiger charge is -2.19. The van der Waals surface area contributed by atoms with Crippen LogP contribution in [0.5, 0.6) is 11.5 Å². The molecule has 46 heavy (non-hydrogen) atoms. The van der Waals surface area contributed by atoms with Crippen molar-refractivity contribution in [2.24, 2.45) is 0 Å². The van der Waals surface area contributed by atoms with Crippen molar-refractivity contribution in [3.8, 4) is 33.8 Å². The maximum absolute atomic E-state index is 12.9. The van der Waals surface area contributed by atoms with Crippen LogP contribution in [0.4, 0.5) is 0 Å². The zero-order chi connectivity index (χ0) is 31.9. The van der Waals surface area contributed by atoms with Crippen molar-refractivity contribution in [3.05, 3.63) is 141 Å². The number of hydrogen-bond acceptors (Lipinski definition) is 9. The van der Waals surface area contributed by atoms with E-state index in [1.54, 1.807) is 0 Å². The summed E-state index contributed by atoms with van der Waals surface area (Å²) < 4.78 is 24.4. The number of ether oxygens (including phenoxy) is 4. The summed E-state index contributed by atoms with van der Waals surface area (Å²) in [6.45, 7) is 3.24. The summed E-state index contributed by atoms with van der Waals surface area (Å²) in [5.74, 6) is 0.494. The second-order valence-corrected chi connectivity index (χ2v) is 12.3. The molecular weight excluding hydrogens is 621 g/mol. The minimum absolute atomic E-state index is 0.0359. The highest BCUT2D eigenvalue weighted by Crippen LogP contribution is 2.29. The summed E-state index contributed by atoms with van der Waals surface area (Å²) >= 11 is 2.32. The molecule has 0 fully saturated rings. The Morgan fingerprint density at radius 2 is 1.15 bits per heavy atom. The van der Waals surface area contributed by atoms with Crippen LogP contribution in [-0.2, 0) is 14.3 Å². The number of fused-ring (bicyclic) bond motifs is 2. The van der Waals surface area contributed by atoms with E-state index >= 15 is 0 Å². The summed E-state index contributed by atoms with van der Waals surface area (Å²) in [4.78, 5) is 37.3. The second-order valence-electron chi connectivity index (χ2n) is 10.2. The van der Waals surface area contributed by atoms with Crippen molar-refractivity contribution in [1.29, 1.82) is 0 Å². The predicted molar refractivity (Wildman–Crippen MR) is 184 cm³/mol. The molecule has 6 aromatic rings. The number of benzene rings is 4. The first-order chi connectivity index (χ1) is 22.5. The Hall–Kier alpha value is -5.09. The molecule has 0 bridgehead atoms. The first-order valence-electron chi connectivity index (χ1n) is 14.4. The molecule has 0 radical (unpaired) electrons. The lowest BCUT2D eigenvalue weighted by Crippen LogP contribution is -2.30. The molecule has 0 atom stereocenters. The van der Waals surface area contributed by atoms with E-state index in [2.05, 4.69) is 6.58 Å². The molecule has 0 N–H and O–H groups in total. The molecule has 0 spiro atoms. The van der Waals surface area contributed by atoms with E-state index in [0.717, 1.165) is 60.0 Å². The predicted octanol–water partition coefficient (Wildman–Crippen LogP) is 7.70. The highest BCUT2D eigenvalue weighted by atomic mass is 32.1. The van der Waals surface area contributed by atoms with Crippen molar-refractivity contribution in [2.45, 2.75) is 6.10 Å². The topological polar surface area (TPSA) is 88.1 Å². The fourth-order valence-corrected chi connectivity index (χ4v) is 6.58. The van der Waals surface area contributed by atoms with Crippen molar-refractivity contribution in [2.75, 3.05) is 20.0 Å². The van der Waals surface area contributed by atoms with Crippen LogP contribution in [0.25, 0.3) is 42.4 Å². The van der Waals surface area contributed by atoms with Crippen LogP contribution in [-0.4, -0.2) is 32.1 Å². The van der Waals surface area contributed by atoms with Gasteiger partial charge in [0.2, 0.25) is 9.48 Å². The largest absolute Gasteiger partial charge is 0.491 e. The molecule has 0 saturated heterocycles. The lowest BCUT2D eigenvalue weighted by molar-refractivity contribution is -0.158. The van der Waals surface area contributed by atoms with Crippen LogP contribution >= 0.6 is 22.7 Å². The van der Waals surface area contributed by atoms with Crippen LogP contribution in [0.3, 0.4) is 0 Å². The first-order valence-corrected chi connectivity index (χ1v) is 16.0. The molecule has 0 aliphatic rings. The molecule has 6 rings (SSSR count). The zero-order valence-corrected chi connectivity index (χ0v) is 26.2. The lowest BCUT2D eigenvalue weighted by atomic mass is 10.1. The van der Waals surface area contributed by atoms with Gasteiger partial charge in [-0.05, 0) is 70.4 Å². The van der Waals surface area contributed by atoms with Crippen molar-refractivity contribution >= 4 is 48.8 Å². The third-order valence-corrected chi connectivity index (χ3v) is 9.09. The number of carbonyl (C=O) groups excluding carboxylic acids is 1. The van der Waals surface area contributed by atoms with Gasteiger partial charge < -0.3 is 18.9 Å². The monoisotopic (exact) mass is 648 g/mol. The van der Waals surface area contributed by atoms with Gasteiger partial charge in [0, 0.05) is 26.6 Å². The number of esters is 1. The second kappa shape index (κ2) is 14.3. The normalized spacial score (nSPS) is 11.1. The standard InChI is InChI=1S/C37H28O7S2/c1-2-35(38)44-23-43-30(21-41-28-15-13-26-17-31(24-9-5-3-6-10-24)36(39)45-33(26)19-28)22-42-29-16-14-27-18-32(25-11-7-4-8-12-25)37(40)46-34(27)20-29/h2-20,30H,1,21-23H2. The quantitative estimate of drug-likeness (QED) is 0.0764. The molecular formula is C37H28O7S2. The summed E-state index contributed by atoms with van der Waals surface area (Å²) in [6.07, 6.45) is 0.432. The first kappa shape index (κ1) is 30.9. The van der Waals surface area contributed by atoms with Gasteiger partial charge in [-0.2, -0.15) is 0 Å². The van der Waals surface area contributed by atoms with E-state index in [9.17, 15) is 14.4 Å². The van der Waals surface area contributed by atoms with E-state index in [0.29, 0.717) is 22.6 Å². The van der Waals surface area contributed by atoms with E-state index in [4.69, 9.17) is 18.9 Å². The minimum Gasteiger partial charge on any atom is -0.491 e. The van der Waals surface area contributed by atoms with Crippen LogP contribution in [0.15, 0.2) is 131 Å². The SMILES string of the molecule is C=CC(=O)OCOC(COc1ccc2cc(-c3ccccc3)c(=O)sc2c1)COc1ccc2cc(-c3ccccc3)c(=O)sc2c1. The molecule has 2 heterocycles. The van der Waals surface area contributed by atoms with Crippen LogP contribution < -0.4 is 19.0 Å². The van der Waals surface area contributed by atoms with E-state index in [-0.39, 0.29) is 29.5 Å². The van der Waals surface area contributed by atoms with Gasteiger partial charge in [-0.25, -0.2) is 4.79 Å². The Morgan fingerprint density at radius 1 is 0.674 bits per heavy atom. The van der Waals surface area contributed by atoms with Crippen molar-refractivity contribution < 1.29 is 23.7 Å². The highest BCUT2D eigenvalue weighted by molar-refractivity contribution is 7.16. The molecule has 0 saturated carbocycles. The molecule has 2 aromatic heterocycles. The minimum atomic E-state index is -0.623. The summed E-state index contributed by atoms with van der Waals surface area (Å²) in [7, 11) is 0. The molecule has 0 aliphatic carbocycles. The Bertz CT molecular complexity index is 1980. The van der Waals surface area contributed by atoms with Crippen molar-refractivity contribution in [1.82, 2.24) is 0 Å². The molecule has 0 unspecified atom stereocenters. The van der Waals surface area contributed by atoms with Gasteiger partial charge in [0.25, 0.3) is 0 Å².